The van der Waals surface area contributed by atoms with Crippen molar-refractivity contribution in [2.24, 2.45) is 0 Å². The van der Waals surface area contributed by atoms with Crippen molar-refractivity contribution in [2.45, 2.75) is 32.0 Å². The van der Waals surface area contributed by atoms with E-state index in [-0.39, 0.29) is 10.7 Å². The van der Waals surface area contributed by atoms with Crippen molar-refractivity contribution in [3.63, 3.8) is 0 Å². The van der Waals surface area contributed by atoms with Crippen molar-refractivity contribution in [1.29, 1.82) is 0 Å². The minimum absolute atomic E-state index is 0.0313. The van der Waals surface area contributed by atoms with Gasteiger partial charge in [0.05, 0.1) is 30.9 Å². The van der Waals surface area contributed by atoms with Crippen LogP contribution in [-0.2, 0) is 0 Å². The van der Waals surface area contributed by atoms with Crippen LogP contribution >= 0.6 is 15.9 Å². The molecule has 99 valence electrons. The molecule has 18 heavy (non-hydrogen) atoms. The lowest BCUT2D eigenvalue weighted by molar-refractivity contribution is -0.385. The van der Waals surface area contributed by atoms with Gasteiger partial charge in [0.1, 0.15) is 5.75 Å². The second-order valence-electron chi connectivity index (χ2n) is 5.04. The van der Waals surface area contributed by atoms with E-state index in [0.29, 0.717) is 16.8 Å². The summed E-state index contributed by atoms with van der Waals surface area (Å²) in [6.07, 6.45) is 0. The van der Waals surface area contributed by atoms with Gasteiger partial charge in [0, 0.05) is 0 Å². The zero-order valence-corrected chi connectivity index (χ0v) is 13.6. The quantitative estimate of drug-likeness (QED) is 0.460. The summed E-state index contributed by atoms with van der Waals surface area (Å²) in [5.74, 6) is 0.543. The van der Waals surface area contributed by atoms with E-state index in [2.05, 4.69) is 42.9 Å². The molecule has 0 aromatic heterocycles. The molecule has 0 unspecified atom stereocenters. The monoisotopic (exact) mass is 330 g/mol. The van der Waals surface area contributed by atoms with Gasteiger partial charge in [0.2, 0.25) is 0 Å². The first-order valence-corrected chi connectivity index (χ1v) is 8.91. The van der Waals surface area contributed by atoms with Crippen molar-refractivity contribution < 1.29 is 9.66 Å². The van der Waals surface area contributed by atoms with E-state index in [4.69, 9.17) is 4.74 Å². The van der Waals surface area contributed by atoms with E-state index in [1.165, 1.54) is 6.07 Å². The highest BCUT2D eigenvalue weighted by atomic mass is 79.9. The van der Waals surface area contributed by atoms with Crippen LogP contribution in [0.4, 0.5) is 5.69 Å². The third kappa shape index (κ3) is 3.81. The Kier molecular flexibility index (Phi) is 4.92. The standard InChI is InChI=1S/C12H17BrNO3Si/c1-12(2,18(3)4)8-17-9-5-6-10(13)11(7-9)14(15)16/h5-7H,8H2,1-4H3. The fourth-order valence-corrected chi connectivity index (χ4v) is 1.88. The fraction of sp³-hybridized carbons (Fsp3) is 0.500. The van der Waals surface area contributed by atoms with E-state index in [9.17, 15) is 10.1 Å². The van der Waals surface area contributed by atoms with Crippen LogP contribution in [0.2, 0.25) is 18.1 Å². The Morgan fingerprint density at radius 1 is 1.44 bits per heavy atom. The van der Waals surface area contributed by atoms with Crippen molar-refractivity contribution in [3.05, 3.63) is 32.8 Å². The highest BCUT2D eigenvalue weighted by molar-refractivity contribution is 9.10. The molecule has 0 aliphatic carbocycles. The van der Waals surface area contributed by atoms with Crippen molar-refractivity contribution >= 4 is 30.4 Å². The van der Waals surface area contributed by atoms with Crippen LogP contribution in [0.1, 0.15) is 13.8 Å². The van der Waals surface area contributed by atoms with Crippen LogP contribution in [0.25, 0.3) is 0 Å². The number of nitro benzene ring substituents is 1. The third-order valence-electron chi connectivity index (χ3n) is 3.07. The van der Waals surface area contributed by atoms with Crippen molar-refractivity contribution in [2.75, 3.05) is 6.61 Å². The molecule has 0 saturated carbocycles. The topological polar surface area (TPSA) is 52.4 Å². The summed E-state index contributed by atoms with van der Waals surface area (Å²) in [5, 5.41) is 10.9. The second kappa shape index (κ2) is 5.84. The lowest BCUT2D eigenvalue weighted by Gasteiger charge is -2.27. The minimum atomic E-state index is -0.483. The molecular formula is C12H17BrNO3Si. The molecule has 0 bridgehead atoms. The Morgan fingerprint density at radius 2 is 2.06 bits per heavy atom. The molecule has 0 aliphatic rings. The molecule has 0 amide bonds. The molecular weight excluding hydrogens is 314 g/mol. The first-order chi connectivity index (χ1) is 8.24. The van der Waals surface area contributed by atoms with Crippen molar-refractivity contribution in [1.82, 2.24) is 0 Å². The number of nitro groups is 1. The minimum Gasteiger partial charge on any atom is -0.493 e. The van der Waals surface area contributed by atoms with Crippen LogP contribution in [0.15, 0.2) is 22.7 Å². The summed E-state index contributed by atoms with van der Waals surface area (Å²) in [7, 11) is -0.483. The van der Waals surface area contributed by atoms with E-state index in [0.717, 1.165) is 0 Å². The summed E-state index contributed by atoms with van der Waals surface area (Å²) in [6.45, 7) is 9.37. The molecule has 1 aromatic carbocycles. The van der Waals surface area contributed by atoms with Crippen LogP contribution < -0.4 is 4.74 Å². The molecule has 0 heterocycles. The summed E-state index contributed by atoms with van der Waals surface area (Å²) in [5.41, 5.74) is 0.0313. The predicted octanol–water partition coefficient (Wildman–Crippen LogP) is 4.27. The first-order valence-electron chi connectivity index (χ1n) is 5.61. The van der Waals surface area contributed by atoms with Gasteiger partial charge < -0.3 is 4.74 Å². The fourth-order valence-electron chi connectivity index (χ4n) is 1.13. The number of hydrogen-bond acceptors (Lipinski definition) is 3. The normalized spacial score (nSPS) is 11.7. The molecule has 0 fully saturated rings. The smallest absolute Gasteiger partial charge is 0.287 e. The number of nitrogens with zero attached hydrogens (tertiary/aromatic N) is 1. The van der Waals surface area contributed by atoms with Gasteiger partial charge in [-0.1, -0.05) is 26.9 Å². The van der Waals surface area contributed by atoms with Gasteiger partial charge in [0.25, 0.3) is 5.69 Å². The highest BCUT2D eigenvalue weighted by Crippen LogP contribution is 2.32. The predicted molar refractivity (Wildman–Crippen MR) is 77.8 cm³/mol. The molecule has 6 heteroatoms. The van der Waals surface area contributed by atoms with Gasteiger partial charge >= 0.3 is 0 Å². The SMILES string of the molecule is C[Si](C)C(C)(C)COc1ccc(Br)c([N+](=O)[O-])c1. The summed E-state index contributed by atoms with van der Waals surface area (Å²) >= 11 is 3.15. The van der Waals surface area contributed by atoms with Gasteiger partial charge in [-0.2, -0.15) is 0 Å². The molecule has 1 aromatic rings. The van der Waals surface area contributed by atoms with Gasteiger partial charge in [-0.15, -0.1) is 0 Å². The average Bonchev–Trinajstić information content (AvgIpc) is 2.27. The zero-order valence-electron chi connectivity index (χ0n) is 11.0. The van der Waals surface area contributed by atoms with Crippen LogP contribution in [0.3, 0.4) is 0 Å². The molecule has 0 saturated heterocycles. The third-order valence-corrected chi connectivity index (χ3v) is 6.59. The van der Waals surface area contributed by atoms with Crippen molar-refractivity contribution in [3.8, 4) is 5.75 Å². The first kappa shape index (κ1) is 15.2. The van der Waals surface area contributed by atoms with E-state index < -0.39 is 13.7 Å². The largest absolute Gasteiger partial charge is 0.493 e. The summed E-state index contributed by atoms with van der Waals surface area (Å²) in [4.78, 5) is 10.4. The lowest BCUT2D eigenvalue weighted by Crippen LogP contribution is -2.27. The molecule has 1 rings (SSSR count). The molecule has 0 N–H and O–H groups in total. The number of halogens is 1. The second-order valence-corrected chi connectivity index (χ2v) is 9.25. The van der Waals surface area contributed by atoms with Gasteiger partial charge in [0.15, 0.2) is 0 Å². The van der Waals surface area contributed by atoms with Crippen LogP contribution in [0, 0.1) is 10.1 Å². The average molecular weight is 331 g/mol. The van der Waals surface area contributed by atoms with E-state index in [1.54, 1.807) is 12.1 Å². The summed E-state index contributed by atoms with van der Waals surface area (Å²) < 4.78 is 6.15. The number of ether oxygens (including phenoxy) is 1. The van der Waals surface area contributed by atoms with Crippen LogP contribution in [0.5, 0.6) is 5.75 Å². The maximum absolute atomic E-state index is 10.8. The Labute approximate surface area is 117 Å². The molecule has 0 spiro atoms. The Hall–Kier alpha value is -0.883. The van der Waals surface area contributed by atoms with Gasteiger partial charge in [-0.25, -0.2) is 0 Å². The van der Waals surface area contributed by atoms with Crippen LogP contribution in [-0.4, -0.2) is 20.3 Å². The number of hydrogen-bond donors (Lipinski definition) is 0. The summed E-state index contributed by atoms with van der Waals surface area (Å²) in [6, 6.07) is 4.84. The Morgan fingerprint density at radius 3 is 2.56 bits per heavy atom. The molecule has 0 atom stereocenters. The maximum Gasteiger partial charge on any atom is 0.287 e. The Bertz CT molecular complexity index is 449. The van der Waals surface area contributed by atoms with E-state index in [1.807, 2.05) is 0 Å². The highest BCUT2D eigenvalue weighted by Gasteiger charge is 2.25. The molecule has 0 aliphatic heterocycles. The molecule has 1 radical (unpaired) electrons. The van der Waals surface area contributed by atoms with E-state index >= 15 is 0 Å². The van der Waals surface area contributed by atoms with Gasteiger partial charge in [-0.05, 0) is 33.1 Å². The Balaban J connectivity index is 2.81. The lowest BCUT2D eigenvalue weighted by atomic mass is 10.2. The maximum atomic E-state index is 10.8. The van der Waals surface area contributed by atoms with Gasteiger partial charge in [-0.3, -0.25) is 10.1 Å². The number of rotatable bonds is 5. The zero-order chi connectivity index (χ0) is 13.9. The molecule has 4 nitrogen and oxygen atoms in total. The number of benzene rings is 1.